The lowest BCUT2D eigenvalue weighted by molar-refractivity contribution is 0.862. The first-order chi connectivity index (χ1) is 10.3. The molecule has 0 saturated carbocycles. The predicted molar refractivity (Wildman–Crippen MR) is 86.6 cm³/mol. The fraction of sp³-hybridized carbons (Fsp3) is 0.278. The zero-order chi connectivity index (χ0) is 14.2. The molecule has 21 heavy (non-hydrogen) atoms. The van der Waals surface area contributed by atoms with Gasteiger partial charge >= 0.3 is 0 Å². The fourth-order valence-electron chi connectivity index (χ4n) is 3.41. The SMILES string of the molecule is Clc1ccc2c(c1)CCc1cccnc1/C2=C1/CCNC1. The van der Waals surface area contributed by atoms with Gasteiger partial charge in [0.2, 0.25) is 0 Å². The van der Waals surface area contributed by atoms with E-state index in [1.807, 2.05) is 18.3 Å². The van der Waals surface area contributed by atoms with Gasteiger partial charge in [-0.1, -0.05) is 23.7 Å². The van der Waals surface area contributed by atoms with Crippen LogP contribution < -0.4 is 5.32 Å². The maximum atomic E-state index is 6.20. The van der Waals surface area contributed by atoms with Crippen molar-refractivity contribution in [3.05, 3.63) is 69.5 Å². The number of hydrogen-bond acceptors (Lipinski definition) is 2. The molecule has 0 radical (unpaired) electrons. The summed E-state index contributed by atoms with van der Waals surface area (Å²) in [5, 5.41) is 4.27. The molecule has 0 atom stereocenters. The van der Waals surface area contributed by atoms with Gasteiger partial charge in [-0.15, -0.1) is 0 Å². The second-order valence-corrected chi connectivity index (χ2v) is 6.15. The zero-order valence-corrected chi connectivity index (χ0v) is 12.6. The third-order valence-corrected chi connectivity index (χ3v) is 4.66. The Balaban J connectivity index is 2.01. The number of nitrogens with zero attached hydrogens (tertiary/aromatic N) is 1. The number of aromatic nitrogens is 1. The van der Waals surface area contributed by atoms with Gasteiger partial charge < -0.3 is 5.32 Å². The Morgan fingerprint density at radius 1 is 1.05 bits per heavy atom. The Labute approximate surface area is 129 Å². The van der Waals surface area contributed by atoms with E-state index in [2.05, 4.69) is 23.5 Å². The highest BCUT2D eigenvalue weighted by molar-refractivity contribution is 6.30. The van der Waals surface area contributed by atoms with Crippen molar-refractivity contribution in [1.82, 2.24) is 10.3 Å². The van der Waals surface area contributed by atoms with Crippen molar-refractivity contribution in [2.75, 3.05) is 13.1 Å². The van der Waals surface area contributed by atoms with Crippen LogP contribution >= 0.6 is 11.6 Å². The summed E-state index contributed by atoms with van der Waals surface area (Å²) in [6.45, 7) is 2.03. The molecule has 3 heteroatoms. The van der Waals surface area contributed by atoms with E-state index in [0.717, 1.165) is 43.1 Å². The molecular weight excluding hydrogens is 280 g/mol. The highest BCUT2D eigenvalue weighted by Gasteiger charge is 2.23. The molecule has 1 fully saturated rings. The summed E-state index contributed by atoms with van der Waals surface area (Å²) in [4.78, 5) is 4.71. The van der Waals surface area contributed by atoms with Crippen LogP contribution in [0.1, 0.15) is 28.8 Å². The van der Waals surface area contributed by atoms with E-state index in [4.69, 9.17) is 16.6 Å². The Morgan fingerprint density at radius 3 is 2.81 bits per heavy atom. The molecule has 0 spiro atoms. The summed E-state index contributed by atoms with van der Waals surface area (Å²) in [6, 6.07) is 10.5. The summed E-state index contributed by atoms with van der Waals surface area (Å²) in [5.74, 6) is 0. The van der Waals surface area contributed by atoms with Crippen molar-refractivity contribution >= 4 is 17.2 Å². The second-order valence-electron chi connectivity index (χ2n) is 5.72. The van der Waals surface area contributed by atoms with Gasteiger partial charge in [0.05, 0.1) is 5.69 Å². The fourth-order valence-corrected chi connectivity index (χ4v) is 3.61. The minimum Gasteiger partial charge on any atom is -0.313 e. The molecule has 106 valence electrons. The smallest absolute Gasteiger partial charge is 0.0740 e. The lowest BCUT2D eigenvalue weighted by Crippen LogP contribution is -2.06. The van der Waals surface area contributed by atoms with Crippen molar-refractivity contribution in [3.8, 4) is 0 Å². The average Bonchev–Trinajstić information content (AvgIpc) is 2.97. The highest BCUT2D eigenvalue weighted by Crippen LogP contribution is 2.36. The lowest BCUT2D eigenvalue weighted by atomic mass is 9.92. The van der Waals surface area contributed by atoms with Gasteiger partial charge in [0.1, 0.15) is 0 Å². The van der Waals surface area contributed by atoms with Gasteiger partial charge in [0.15, 0.2) is 0 Å². The molecule has 1 aliphatic carbocycles. The summed E-state index contributed by atoms with van der Waals surface area (Å²) in [7, 11) is 0. The van der Waals surface area contributed by atoms with E-state index in [1.54, 1.807) is 0 Å². The van der Waals surface area contributed by atoms with Crippen LogP contribution in [0.3, 0.4) is 0 Å². The van der Waals surface area contributed by atoms with Crippen LogP contribution in [0.5, 0.6) is 0 Å². The quantitative estimate of drug-likeness (QED) is 0.803. The van der Waals surface area contributed by atoms with Crippen LogP contribution in [0.25, 0.3) is 5.57 Å². The topological polar surface area (TPSA) is 24.9 Å². The Kier molecular flexibility index (Phi) is 3.28. The second kappa shape index (κ2) is 5.28. The number of halogens is 1. The van der Waals surface area contributed by atoms with Crippen LogP contribution in [0.4, 0.5) is 0 Å². The summed E-state index contributed by atoms with van der Waals surface area (Å²) in [6.07, 6.45) is 5.07. The monoisotopic (exact) mass is 296 g/mol. The first-order valence-electron chi connectivity index (χ1n) is 7.49. The van der Waals surface area contributed by atoms with Crippen LogP contribution in [0.15, 0.2) is 42.1 Å². The summed E-state index contributed by atoms with van der Waals surface area (Å²) in [5.41, 5.74) is 7.97. The number of hydrogen-bond donors (Lipinski definition) is 1. The molecule has 1 saturated heterocycles. The van der Waals surface area contributed by atoms with E-state index >= 15 is 0 Å². The van der Waals surface area contributed by atoms with Gasteiger partial charge in [-0.25, -0.2) is 0 Å². The zero-order valence-electron chi connectivity index (χ0n) is 11.8. The predicted octanol–water partition coefficient (Wildman–Crippen LogP) is 3.63. The van der Waals surface area contributed by atoms with E-state index in [1.165, 1.54) is 27.8 Å². The van der Waals surface area contributed by atoms with Crippen molar-refractivity contribution in [3.63, 3.8) is 0 Å². The molecule has 1 N–H and O–H groups in total. The van der Waals surface area contributed by atoms with Crippen molar-refractivity contribution < 1.29 is 0 Å². The molecule has 0 amide bonds. The largest absolute Gasteiger partial charge is 0.313 e. The van der Waals surface area contributed by atoms with E-state index in [9.17, 15) is 0 Å². The minimum atomic E-state index is 0.821. The van der Waals surface area contributed by atoms with Crippen molar-refractivity contribution in [1.29, 1.82) is 0 Å². The molecule has 2 aliphatic rings. The third-order valence-electron chi connectivity index (χ3n) is 4.42. The number of aryl methyl sites for hydroxylation is 2. The first kappa shape index (κ1) is 13.1. The Bertz CT molecular complexity index is 726. The standard InChI is InChI=1S/C18H17ClN2/c19-15-5-6-16-13(10-15)4-3-12-2-1-8-21-18(12)17(16)14-7-9-20-11-14/h1-2,5-6,8,10,20H,3-4,7,9,11H2/b17-14-. The number of benzene rings is 1. The molecule has 1 aromatic carbocycles. The maximum Gasteiger partial charge on any atom is 0.0740 e. The van der Waals surface area contributed by atoms with Crippen LogP contribution in [0.2, 0.25) is 5.02 Å². The molecule has 0 bridgehead atoms. The van der Waals surface area contributed by atoms with Gasteiger partial charge in [-0.2, -0.15) is 0 Å². The Hall–Kier alpha value is -1.64. The van der Waals surface area contributed by atoms with Crippen molar-refractivity contribution in [2.45, 2.75) is 19.3 Å². The number of rotatable bonds is 0. The molecular formula is C18H17ClN2. The molecule has 2 heterocycles. The van der Waals surface area contributed by atoms with Crippen LogP contribution in [0, 0.1) is 0 Å². The third kappa shape index (κ3) is 2.29. The number of nitrogens with one attached hydrogen (secondary N) is 1. The average molecular weight is 297 g/mol. The molecule has 4 rings (SSSR count). The lowest BCUT2D eigenvalue weighted by Gasteiger charge is -2.14. The van der Waals surface area contributed by atoms with Gasteiger partial charge in [-0.05, 0) is 66.3 Å². The Morgan fingerprint density at radius 2 is 1.95 bits per heavy atom. The van der Waals surface area contributed by atoms with Crippen molar-refractivity contribution in [2.24, 2.45) is 0 Å². The van der Waals surface area contributed by atoms with E-state index in [0.29, 0.717) is 0 Å². The highest BCUT2D eigenvalue weighted by atomic mass is 35.5. The molecule has 1 aliphatic heterocycles. The summed E-state index contributed by atoms with van der Waals surface area (Å²) >= 11 is 6.20. The summed E-state index contributed by atoms with van der Waals surface area (Å²) < 4.78 is 0. The minimum absolute atomic E-state index is 0.821. The van der Waals surface area contributed by atoms with Gasteiger partial charge in [0, 0.05) is 23.3 Å². The molecule has 2 aromatic rings. The van der Waals surface area contributed by atoms with Gasteiger partial charge in [-0.3, -0.25) is 4.98 Å². The van der Waals surface area contributed by atoms with E-state index in [-0.39, 0.29) is 0 Å². The maximum absolute atomic E-state index is 6.20. The first-order valence-corrected chi connectivity index (χ1v) is 7.86. The normalized spacial score (nSPS) is 20.8. The van der Waals surface area contributed by atoms with Gasteiger partial charge in [0.25, 0.3) is 0 Å². The van der Waals surface area contributed by atoms with Crippen LogP contribution in [-0.4, -0.2) is 18.1 Å². The molecule has 0 unspecified atom stereocenters. The van der Waals surface area contributed by atoms with E-state index < -0.39 is 0 Å². The van der Waals surface area contributed by atoms with Crippen LogP contribution in [-0.2, 0) is 12.8 Å². The number of pyridine rings is 1. The number of fused-ring (bicyclic) bond motifs is 2. The molecule has 2 nitrogen and oxygen atoms in total. The molecule has 1 aromatic heterocycles.